The average Bonchev–Trinajstić information content (AvgIpc) is 2.74. The molecule has 1 aliphatic rings. The van der Waals surface area contributed by atoms with Gasteiger partial charge in [-0.25, -0.2) is 0 Å². The fraction of sp³-hybridized carbons (Fsp3) is 0.923. The van der Waals surface area contributed by atoms with Gasteiger partial charge in [0.1, 0.15) is 0 Å². The Morgan fingerprint density at radius 3 is 2.81 bits per heavy atom. The Morgan fingerprint density at radius 1 is 1.56 bits per heavy atom. The molecule has 0 amide bonds. The summed E-state index contributed by atoms with van der Waals surface area (Å²) in [6.07, 6.45) is 4.38. The molecule has 1 fully saturated rings. The highest BCUT2D eigenvalue weighted by Gasteiger charge is 2.44. The Balaban J connectivity index is 2.50. The maximum Gasteiger partial charge on any atom is 0.0835 e. The lowest BCUT2D eigenvalue weighted by Gasteiger charge is -2.27. The summed E-state index contributed by atoms with van der Waals surface area (Å²) < 4.78 is 0. The number of rotatable bonds is 6. The van der Waals surface area contributed by atoms with Crippen LogP contribution >= 0.6 is 11.8 Å². The van der Waals surface area contributed by atoms with E-state index in [1.54, 1.807) is 0 Å². The van der Waals surface area contributed by atoms with Crippen molar-refractivity contribution < 1.29 is 5.11 Å². The molecular formula is C13H23NOS. The second-order valence-corrected chi connectivity index (χ2v) is 6.18. The number of hydrogen-bond acceptors (Lipinski definition) is 3. The van der Waals surface area contributed by atoms with E-state index in [0.717, 1.165) is 43.6 Å². The Kier molecular flexibility index (Phi) is 5.64. The molecule has 3 atom stereocenters. The fourth-order valence-corrected chi connectivity index (χ4v) is 3.30. The van der Waals surface area contributed by atoms with E-state index in [0.29, 0.717) is 5.92 Å². The van der Waals surface area contributed by atoms with Crippen LogP contribution in [-0.2, 0) is 0 Å². The van der Waals surface area contributed by atoms with E-state index in [4.69, 9.17) is 0 Å². The number of aliphatic hydroxyl groups excluding tert-OH is 1. The first kappa shape index (κ1) is 13.9. The van der Waals surface area contributed by atoms with Gasteiger partial charge in [-0.3, -0.25) is 0 Å². The van der Waals surface area contributed by atoms with E-state index in [1.807, 2.05) is 11.8 Å². The van der Waals surface area contributed by atoms with Crippen LogP contribution in [0.3, 0.4) is 0 Å². The first-order valence-electron chi connectivity index (χ1n) is 6.35. The number of hydrogen-bond donors (Lipinski definition) is 1. The Bertz CT molecular complexity index is 251. The fourth-order valence-electron chi connectivity index (χ4n) is 2.62. The molecule has 2 nitrogen and oxygen atoms in total. The number of nitrogens with zero attached hydrogens (tertiary/aromatic N) is 1. The Morgan fingerprint density at radius 2 is 2.31 bits per heavy atom. The van der Waals surface area contributed by atoms with Crippen molar-refractivity contribution in [2.24, 2.45) is 11.3 Å². The molecule has 0 saturated heterocycles. The summed E-state index contributed by atoms with van der Waals surface area (Å²) >= 11 is 1.84. The lowest BCUT2D eigenvalue weighted by atomic mass is 9.79. The van der Waals surface area contributed by atoms with Gasteiger partial charge in [-0.2, -0.15) is 17.0 Å². The Hall–Kier alpha value is -0.200. The van der Waals surface area contributed by atoms with Crippen LogP contribution in [-0.4, -0.2) is 22.7 Å². The topological polar surface area (TPSA) is 44.0 Å². The normalized spacial score (nSPS) is 31.2. The maximum absolute atomic E-state index is 10.2. The smallest absolute Gasteiger partial charge is 0.0835 e. The maximum atomic E-state index is 10.2. The molecule has 1 aliphatic carbocycles. The molecule has 0 bridgehead atoms. The predicted octanol–water partition coefficient (Wildman–Crippen LogP) is 3.21. The van der Waals surface area contributed by atoms with Crippen molar-refractivity contribution >= 4 is 11.8 Å². The molecule has 0 heterocycles. The number of thioether (sulfide) groups is 1. The quantitative estimate of drug-likeness (QED) is 0.726. The van der Waals surface area contributed by atoms with Gasteiger partial charge >= 0.3 is 0 Å². The van der Waals surface area contributed by atoms with Crippen molar-refractivity contribution in [3.63, 3.8) is 0 Å². The molecule has 3 heteroatoms. The van der Waals surface area contributed by atoms with Crippen molar-refractivity contribution in [2.75, 3.05) is 11.5 Å². The Labute approximate surface area is 103 Å². The van der Waals surface area contributed by atoms with Crippen LogP contribution in [0.1, 0.15) is 46.0 Å². The van der Waals surface area contributed by atoms with Crippen molar-refractivity contribution in [2.45, 2.75) is 52.1 Å². The van der Waals surface area contributed by atoms with E-state index in [9.17, 15) is 10.4 Å². The van der Waals surface area contributed by atoms with Crippen molar-refractivity contribution in [1.29, 1.82) is 5.26 Å². The van der Waals surface area contributed by atoms with Crippen molar-refractivity contribution in [3.05, 3.63) is 0 Å². The third-order valence-corrected chi connectivity index (χ3v) is 4.76. The van der Waals surface area contributed by atoms with Gasteiger partial charge < -0.3 is 5.11 Å². The third kappa shape index (κ3) is 3.15. The zero-order valence-corrected chi connectivity index (χ0v) is 11.2. The molecule has 0 aromatic carbocycles. The minimum absolute atomic E-state index is 0.423. The molecule has 0 aliphatic heterocycles. The molecule has 0 spiro atoms. The highest BCUT2D eigenvalue weighted by atomic mass is 32.2. The van der Waals surface area contributed by atoms with Gasteiger partial charge in [0.25, 0.3) is 0 Å². The van der Waals surface area contributed by atoms with Crippen LogP contribution in [0.15, 0.2) is 0 Å². The van der Waals surface area contributed by atoms with Gasteiger partial charge in [0.05, 0.1) is 17.6 Å². The van der Waals surface area contributed by atoms with Gasteiger partial charge in [0.15, 0.2) is 0 Å². The highest BCUT2D eigenvalue weighted by molar-refractivity contribution is 7.99. The van der Waals surface area contributed by atoms with Crippen LogP contribution in [0.25, 0.3) is 0 Å². The summed E-state index contributed by atoms with van der Waals surface area (Å²) in [7, 11) is 0. The van der Waals surface area contributed by atoms with Gasteiger partial charge in [0, 0.05) is 0 Å². The average molecular weight is 241 g/mol. The zero-order valence-electron chi connectivity index (χ0n) is 10.4. The summed E-state index contributed by atoms with van der Waals surface area (Å²) in [5, 5.41) is 19.5. The summed E-state index contributed by atoms with van der Waals surface area (Å²) in [4.78, 5) is 0. The van der Waals surface area contributed by atoms with E-state index >= 15 is 0 Å². The van der Waals surface area contributed by atoms with Gasteiger partial charge in [0.2, 0.25) is 0 Å². The van der Waals surface area contributed by atoms with Crippen LogP contribution in [0, 0.1) is 22.7 Å². The van der Waals surface area contributed by atoms with Crippen LogP contribution < -0.4 is 0 Å². The van der Waals surface area contributed by atoms with Gasteiger partial charge in [-0.05, 0) is 43.1 Å². The standard InChI is InChI=1S/C13H23NOS/c1-3-11-5-7-13(9-11,10-14)12(15)6-8-16-4-2/h11-12,15H,3-9H2,1-2H3. The molecule has 3 unspecified atom stereocenters. The van der Waals surface area contributed by atoms with Crippen LogP contribution in [0.4, 0.5) is 0 Å². The van der Waals surface area contributed by atoms with Crippen LogP contribution in [0.2, 0.25) is 0 Å². The first-order valence-corrected chi connectivity index (χ1v) is 7.51. The summed E-state index contributed by atoms with van der Waals surface area (Å²) in [5.41, 5.74) is -0.436. The summed E-state index contributed by atoms with van der Waals surface area (Å²) in [6.45, 7) is 4.30. The van der Waals surface area contributed by atoms with E-state index in [2.05, 4.69) is 19.9 Å². The van der Waals surface area contributed by atoms with E-state index in [1.165, 1.54) is 0 Å². The SMILES string of the molecule is CCSCCC(O)C1(C#N)CCC(CC)C1. The summed E-state index contributed by atoms with van der Waals surface area (Å²) in [6, 6.07) is 2.41. The highest BCUT2D eigenvalue weighted by Crippen LogP contribution is 2.46. The van der Waals surface area contributed by atoms with Crippen LogP contribution in [0.5, 0.6) is 0 Å². The lowest BCUT2D eigenvalue weighted by Crippen LogP contribution is -2.32. The molecule has 16 heavy (non-hydrogen) atoms. The molecule has 1 rings (SSSR count). The summed E-state index contributed by atoms with van der Waals surface area (Å²) in [5.74, 6) is 2.70. The molecule has 1 N–H and O–H groups in total. The number of nitriles is 1. The minimum atomic E-state index is -0.436. The molecule has 0 radical (unpaired) electrons. The van der Waals surface area contributed by atoms with Gasteiger partial charge in [-0.15, -0.1) is 0 Å². The van der Waals surface area contributed by atoms with Gasteiger partial charge in [-0.1, -0.05) is 20.3 Å². The number of aliphatic hydroxyl groups is 1. The second-order valence-electron chi connectivity index (χ2n) is 4.79. The largest absolute Gasteiger partial charge is 0.391 e. The van der Waals surface area contributed by atoms with Crippen molar-refractivity contribution in [1.82, 2.24) is 0 Å². The van der Waals surface area contributed by atoms with E-state index < -0.39 is 11.5 Å². The monoisotopic (exact) mass is 241 g/mol. The molecule has 1 saturated carbocycles. The zero-order chi connectivity index (χ0) is 12.0. The first-order chi connectivity index (χ1) is 7.68. The molecule has 0 aromatic rings. The molecule has 92 valence electrons. The minimum Gasteiger partial charge on any atom is -0.391 e. The van der Waals surface area contributed by atoms with E-state index in [-0.39, 0.29) is 0 Å². The lowest BCUT2D eigenvalue weighted by molar-refractivity contribution is 0.0624. The third-order valence-electron chi connectivity index (χ3n) is 3.83. The molecule has 0 aromatic heterocycles. The molecular weight excluding hydrogens is 218 g/mol. The second kappa shape index (κ2) is 6.51. The van der Waals surface area contributed by atoms with Crippen molar-refractivity contribution in [3.8, 4) is 6.07 Å². The predicted molar refractivity (Wildman–Crippen MR) is 69.3 cm³/mol.